The van der Waals surface area contributed by atoms with Crippen LogP contribution < -0.4 is 0 Å². The van der Waals surface area contributed by atoms with Crippen LogP contribution in [0.4, 0.5) is 0 Å². The number of hydrogen-bond acceptors (Lipinski definition) is 10. The van der Waals surface area contributed by atoms with Crippen molar-refractivity contribution in [2.45, 2.75) is 0 Å². The number of benzene rings is 12. The fourth-order valence-electron chi connectivity index (χ4n) is 13.7. The molecule has 0 radical (unpaired) electrons. The third-order valence-electron chi connectivity index (χ3n) is 18.3. The number of aromatic nitrogens is 6. The van der Waals surface area contributed by atoms with Crippen molar-refractivity contribution in [3.05, 3.63) is 303 Å². The van der Waals surface area contributed by atoms with E-state index in [0.29, 0.717) is 5.82 Å². The van der Waals surface area contributed by atoms with Crippen molar-refractivity contribution < 1.29 is 0 Å². The molecular formula is C86H50N6S4. The van der Waals surface area contributed by atoms with E-state index in [0.717, 1.165) is 105 Å². The van der Waals surface area contributed by atoms with Crippen LogP contribution in [0.15, 0.2) is 303 Å². The van der Waals surface area contributed by atoms with Crippen LogP contribution in [-0.4, -0.2) is 29.9 Å². The maximum atomic E-state index is 5.26. The number of hydrogen-bond donors (Lipinski definition) is 0. The van der Waals surface area contributed by atoms with Gasteiger partial charge < -0.3 is 0 Å². The van der Waals surface area contributed by atoms with Crippen LogP contribution in [0, 0.1) is 0 Å². The van der Waals surface area contributed by atoms with Gasteiger partial charge in [-0.3, -0.25) is 0 Å². The normalized spacial score (nSPS) is 11.8. The molecule has 20 aromatic rings. The van der Waals surface area contributed by atoms with Crippen LogP contribution in [-0.2, 0) is 0 Å². The summed E-state index contributed by atoms with van der Waals surface area (Å²) in [7, 11) is 0. The second-order valence-corrected chi connectivity index (χ2v) is 28.1. The minimum Gasteiger partial charge on any atom is -0.236 e. The SMILES string of the molecule is c1ccc(-c2cc(-c3ccc(-c4nc5sc6ccccc6c5c5ccccc45)cc3)nc(-c3cccc4c3sc3ccccc34)n2)cc1.c1ccc(-c2nc(-c3ccc(-c4nc5sc6ccccc6c5c5ccccc45)cc3)cc(-c3cccc4c3sc3ccccc34)n2)cc1. The van der Waals surface area contributed by atoms with Gasteiger partial charge in [-0.05, 0) is 53.2 Å². The van der Waals surface area contributed by atoms with E-state index in [4.69, 9.17) is 29.9 Å². The lowest BCUT2D eigenvalue weighted by molar-refractivity contribution is 1.19. The lowest BCUT2D eigenvalue weighted by Crippen LogP contribution is -1.96. The summed E-state index contributed by atoms with van der Waals surface area (Å²) in [5.74, 6) is 1.45. The summed E-state index contributed by atoms with van der Waals surface area (Å²) in [5, 5.41) is 14.9. The van der Waals surface area contributed by atoms with E-state index in [-0.39, 0.29) is 0 Å². The van der Waals surface area contributed by atoms with Gasteiger partial charge in [0.2, 0.25) is 0 Å². The highest BCUT2D eigenvalue weighted by atomic mass is 32.1. The Balaban J connectivity index is 0.000000135. The standard InChI is InChI=1S/2C43H25N3S2/c1-2-11-28(12-3-1)42-44-35(25-36(45-42)33-18-10-17-32-29-13-6-8-19-37(29)47-41(32)33)26-21-23-27(24-22-26)40-31-15-5-4-14-30(31)39-34-16-7-9-20-38(34)48-43(39)46-40;1-2-11-26(12-3-1)35-25-36(45-42(44-35)34-18-10-17-32-29-13-6-8-19-37(29)47-41(32)34)27-21-23-28(24-22-27)40-31-15-5-4-14-30(31)39-33-16-7-9-20-38(33)48-43(39)46-40/h2*1-25H. The molecule has 20 rings (SSSR count). The topological polar surface area (TPSA) is 77.3 Å². The number of nitrogens with zero attached hydrogens (tertiary/aromatic N) is 6. The van der Waals surface area contributed by atoms with E-state index in [2.05, 4.69) is 279 Å². The Labute approximate surface area is 567 Å². The summed E-state index contributed by atoms with van der Waals surface area (Å²) in [6.07, 6.45) is 0. The Bertz CT molecular complexity index is 6060. The van der Waals surface area contributed by atoms with Crippen molar-refractivity contribution >= 4 is 148 Å². The highest BCUT2D eigenvalue weighted by molar-refractivity contribution is 7.27. The fraction of sp³-hybridized carbons (Fsp3) is 0. The molecule has 96 heavy (non-hydrogen) atoms. The summed E-state index contributed by atoms with van der Waals surface area (Å²) in [4.78, 5) is 33.3. The highest BCUT2D eigenvalue weighted by Crippen LogP contribution is 2.46. The van der Waals surface area contributed by atoms with Crippen molar-refractivity contribution in [2.24, 2.45) is 0 Å². The molecule has 0 aliphatic heterocycles. The van der Waals surface area contributed by atoms with Crippen LogP contribution in [0.1, 0.15) is 0 Å². The number of rotatable bonds is 8. The Morgan fingerprint density at radius 2 is 0.531 bits per heavy atom. The molecule has 448 valence electrons. The molecule has 8 aromatic heterocycles. The van der Waals surface area contributed by atoms with Crippen molar-refractivity contribution in [3.63, 3.8) is 0 Å². The summed E-state index contributed by atoms with van der Waals surface area (Å²) < 4.78 is 7.52. The van der Waals surface area contributed by atoms with Gasteiger partial charge in [-0.2, -0.15) is 0 Å². The lowest BCUT2D eigenvalue weighted by Gasteiger charge is -2.11. The Morgan fingerprint density at radius 1 is 0.198 bits per heavy atom. The Hall–Kier alpha value is -11.5. The van der Waals surface area contributed by atoms with Crippen LogP contribution >= 0.6 is 45.3 Å². The summed E-state index contributed by atoms with van der Waals surface area (Å²) >= 11 is 7.14. The molecule has 8 heterocycles. The number of pyridine rings is 2. The second kappa shape index (κ2) is 23.2. The summed E-state index contributed by atoms with van der Waals surface area (Å²) in [6, 6.07) is 107. The van der Waals surface area contributed by atoms with E-state index in [1.165, 1.54) is 82.1 Å². The molecule has 6 nitrogen and oxygen atoms in total. The van der Waals surface area contributed by atoms with Crippen LogP contribution in [0.3, 0.4) is 0 Å². The van der Waals surface area contributed by atoms with Crippen molar-refractivity contribution in [2.75, 3.05) is 0 Å². The predicted octanol–water partition coefficient (Wildman–Crippen LogP) is 24.9. The second-order valence-electron chi connectivity index (χ2n) is 23.9. The molecule has 0 aliphatic carbocycles. The molecule has 0 unspecified atom stereocenters. The smallest absolute Gasteiger partial charge is 0.161 e. The average Bonchev–Trinajstić information content (AvgIpc) is 1.52. The first kappa shape index (κ1) is 56.1. The maximum Gasteiger partial charge on any atom is 0.161 e. The van der Waals surface area contributed by atoms with Gasteiger partial charge >= 0.3 is 0 Å². The fourth-order valence-corrected chi connectivity index (χ4v) is 18.3. The zero-order valence-electron chi connectivity index (χ0n) is 51.2. The molecule has 12 aromatic carbocycles. The van der Waals surface area contributed by atoms with Gasteiger partial charge in [-0.1, -0.05) is 261 Å². The van der Waals surface area contributed by atoms with Crippen LogP contribution in [0.5, 0.6) is 0 Å². The average molecular weight is 1300 g/mol. The van der Waals surface area contributed by atoms with Gasteiger partial charge in [-0.15, -0.1) is 45.3 Å². The summed E-state index contributed by atoms with van der Waals surface area (Å²) in [5.41, 5.74) is 14.1. The molecule has 0 atom stereocenters. The Kier molecular flexibility index (Phi) is 13.6. The third kappa shape index (κ3) is 9.63. The quantitative estimate of drug-likeness (QED) is 0.151. The van der Waals surface area contributed by atoms with Gasteiger partial charge in [0.1, 0.15) is 9.66 Å². The van der Waals surface area contributed by atoms with Gasteiger partial charge in [0.05, 0.1) is 34.2 Å². The maximum absolute atomic E-state index is 5.26. The van der Waals surface area contributed by atoms with Gasteiger partial charge in [0, 0.05) is 127 Å². The zero-order valence-corrected chi connectivity index (χ0v) is 54.4. The van der Waals surface area contributed by atoms with E-state index in [1.807, 2.05) is 35.6 Å². The van der Waals surface area contributed by atoms with E-state index in [9.17, 15) is 0 Å². The highest BCUT2D eigenvalue weighted by Gasteiger charge is 2.21. The minimum absolute atomic E-state index is 0.716. The number of fused-ring (bicyclic) bond motifs is 16. The van der Waals surface area contributed by atoms with Gasteiger partial charge in [0.15, 0.2) is 11.6 Å². The molecule has 0 fully saturated rings. The van der Waals surface area contributed by atoms with Crippen molar-refractivity contribution in [1.82, 2.24) is 29.9 Å². The molecule has 10 heteroatoms. The largest absolute Gasteiger partial charge is 0.236 e. The van der Waals surface area contributed by atoms with E-state index >= 15 is 0 Å². The van der Waals surface area contributed by atoms with Gasteiger partial charge in [0.25, 0.3) is 0 Å². The molecular weight excluding hydrogens is 1250 g/mol. The first-order valence-corrected chi connectivity index (χ1v) is 35.2. The molecule has 0 amide bonds. The van der Waals surface area contributed by atoms with E-state index < -0.39 is 0 Å². The molecule has 0 N–H and O–H groups in total. The summed E-state index contributed by atoms with van der Waals surface area (Å²) in [6.45, 7) is 0. The Morgan fingerprint density at radius 3 is 1.02 bits per heavy atom. The molecule has 0 aliphatic rings. The zero-order chi connectivity index (χ0) is 63.2. The van der Waals surface area contributed by atoms with Gasteiger partial charge in [-0.25, -0.2) is 29.9 Å². The third-order valence-corrected chi connectivity index (χ3v) is 22.8. The lowest BCUT2D eigenvalue weighted by atomic mass is 9.99. The minimum atomic E-state index is 0.716. The van der Waals surface area contributed by atoms with Crippen LogP contribution in [0.25, 0.3) is 193 Å². The van der Waals surface area contributed by atoms with E-state index in [1.54, 1.807) is 34.0 Å². The molecule has 0 spiro atoms. The molecule has 0 saturated carbocycles. The monoisotopic (exact) mass is 1290 g/mol. The first-order chi connectivity index (χ1) is 47.6. The molecule has 0 bridgehead atoms. The number of thiophene rings is 4. The van der Waals surface area contributed by atoms with Crippen molar-refractivity contribution in [1.29, 1.82) is 0 Å². The van der Waals surface area contributed by atoms with Crippen molar-refractivity contribution in [3.8, 4) is 90.3 Å². The molecule has 0 saturated heterocycles. The predicted molar refractivity (Wildman–Crippen MR) is 410 cm³/mol. The first-order valence-electron chi connectivity index (χ1n) is 31.9. The van der Waals surface area contributed by atoms with Crippen LogP contribution in [0.2, 0.25) is 0 Å².